The van der Waals surface area contributed by atoms with E-state index in [1.165, 1.54) is 24.0 Å². The topological polar surface area (TPSA) is 183 Å². The lowest BCUT2D eigenvalue weighted by molar-refractivity contribution is -0.664. The summed E-state index contributed by atoms with van der Waals surface area (Å²) in [5.74, 6) is -3.27. The molecule has 0 spiro atoms. The number of pyridine rings is 1. The molecule has 0 saturated carbocycles. The van der Waals surface area contributed by atoms with Crippen molar-refractivity contribution in [3.05, 3.63) is 65.1 Å². The Bertz CT molecular complexity index is 1800. The van der Waals surface area contributed by atoms with Gasteiger partial charge in [0.05, 0.1) is 35.0 Å². The van der Waals surface area contributed by atoms with Crippen molar-refractivity contribution in [3.8, 4) is 9.88 Å². The van der Waals surface area contributed by atoms with E-state index in [2.05, 4.69) is 20.7 Å². The Morgan fingerprint density at radius 3 is 2.86 bits per heavy atom. The number of hydrogen-bond acceptors (Lipinski definition) is 13. The van der Waals surface area contributed by atoms with Crippen LogP contribution in [0.15, 0.2) is 64.5 Å². The number of esters is 1. The molecule has 0 radical (unpaired) electrons. The molecular weight excluding hydrogens is 631 g/mol. The SMILES string of the molecule is CCOC(=O)CON=C(C(=O)NC1C(=O)N2C(C(=O)[O-])=C(C[n+]3cccc4sc(-c5cccs5)nc43)CS[C@@H]12)c1ccn[nH]1. The molecule has 226 valence electrons. The van der Waals surface area contributed by atoms with Crippen LogP contribution in [0, 0.1) is 0 Å². The third-order valence-electron chi connectivity index (χ3n) is 6.65. The molecule has 6 heterocycles. The van der Waals surface area contributed by atoms with Gasteiger partial charge in [-0.05, 0) is 41.6 Å². The largest absolute Gasteiger partial charge is 0.543 e. The molecule has 2 N–H and O–H groups in total. The Labute approximate surface area is 261 Å². The van der Waals surface area contributed by atoms with Gasteiger partial charge in [0.2, 0.25) is 11.6 Å². The summed E-state index contributed by atoms with van der Waals surface area (Å²) in [4.78, 5) is 62.4. The minimum atomic E-state index is -1.49. The molecule has 0 aromatic carbocycles. The van der Waals surface area contributed by atoms with E-state index in [0.717, 1.165) is 19.5 Å². The van der Waals surface area contributed by atoms with Crippen molar-refractivity contribution in [1.29, 1.82) is 0 Å². The Balaban J connectivity index is 1.20. The molecule has 2 amide bonds. The maximum atomic E-state index is 13.3. The van der Waals surface area contributed by atoms with E-state index in [1.807, 2.05) is 40.4 Å². The van der Waals surface area contributed by atoms with Crippen molar-refractivity contribution in [3.63, 3.8) is 0 Å². The highest BCUT2D eigenvalue weighted by atomic mass is 32.2. The summed E-state index contributed by atoms with van der Waals surface area (Å²) in [5.41, 5.74) is 0.890. The number of thioether (sulfide) groups is 1. The number of nitrogens with zero attached hydrogens (tertiary/aromatic N) is 5. The van der Waals surface area contributed by atoms with Crippen molar-refractivity contribution in [2.75, 3.05) is 19.0 Å². The lowest BCUT2D eigenvalue weighted by atomic mass is 10.0. The standard InChI is InChI=1S/C27H23N7O7S3/c1-2-40-18(35)12-41-32-19(15-7-8-28-31-15)23(36)29-20-25(37)34-21(27(38)39)14(13-43-26(20)34)11-33-9-3-5-16-22(33)30-24(44-16)17-6-4-10-42-17/h3-10,20,26H,2,11-13H2,1H3,(H2-,28,29,31,32,36,38,39)/t20?,26-/m0/s1. The monoisotopic (exact) mass is 653 g/mol. The normalized spacial score (nSPS) is 18.2. The zero-order chi connectivity index (χ0) is 30.8. The summed E-state index contributed by atoms with van der Waals surface area (Å²) in [7, 11) is 0. The fourth-order valence-electron chi connectivity index (χ4n) is 4.74. The quantitative estimate of drug-likeness (QED) is 0.0757. The van der Waals surface area contributed by atoms with E-state index in [0.29, 0.717) is 11.2 Å². The van der Waals surface area contributed by atoms with Gasteiger partial charge in [-0.2, -0.15) is 5.10 Å². The maximum Gasteiger partial charge on any atom is 0.347 e. The number of aromatic amines is 1. The molecule has 4 aromatic heterocycles. The number of β-lactam (4-membered cyclic amide) rings is 1. The number of hydrogen-bond donors (Lipinski definition) is 2. The van der Waals surface area contributed by atoms with Gasteiger partial charge in [0.15, 0.2) is 5.71 Å². The van der Waals surface area contributed by atoms with Gasteiger partial charge >= 0.3 is 11.6 Å². The number of fused-ring (bicyclic) bond motifs is 2. The van der Waals surface area contributed by atoms with Gasteiger partial charge in [0.1, 0.15) is 22.7 Å². The average Bonchev–Trinajstić information content (AvgIpc) is 3.80. The van der Waals surface area contributed by atoms with Gasteiger partial charge in [-0.25, -0.2) is 9.36 Å². The number of thiazole rings is 1. The molecular formula is C27H23N7O7S3. The zero-order valence-corrected chi connectivity index (χ0v) is 25.4. The first kappa shape index (κ1) is 29.5. The molecule has 6 rings (SSSR count). The lowest BCUT2D eigenvalue weighted by Gasteiger charge is -2.50. The second-order valence-corrected chi connectivity index (χ2v) is 12.5. The van der Waals surface area contributed by atoms with Crippen LogP contribution in [0.1, 0.15) is 12.6 Å². The summed E-state index contributed by atoms with van der Waals surface area (Å²) >= 11 is 4.45. The molecule has 2 aliphatic rings. The van der Waals surface area contributed by atoms with Crippen molar-refractivity contribution in [1.82, 2.24) is 25.4 Å². The summed E-state index contributed by atoms with van der Waals surface area (Å²) < 4.78 is 7.58. The number of aliphatic carboxylic acids is 1. The van der Waals surface area contributed by atoms with Crippen LogP contribution in [0.4, 0.5) is 0 Å². The highest BCUT2D eigenvalue weighted by molar-refractivity contribution is 8.00. The van der Waals surface area contributed by atoms with E-state index in [1.54, 1.807) is 29.6 Å². The smallest absolute Gasteiger partial charge is 0.347 e. The number of rotatable bonds is 11. The number of thiophene rings is 1. The summed E-state index contributed by atoms with van der Waals surface area (Å²) in [6.07, 6.45) is 3.21. The molecule has 1 unspecified atom stereocenters. The van der Waals surface area contributed by atoms with E-state index >= 15 is 0 Å². The number of amides is 2. The minimum Gasteiger partial charge on any atom is -0.543 e. The number of nitrogens with one attached hydrogen (secondary N) is 2. The molecule has 44 heavy (non-hydrogen) atoms. The Morgan fingerprint density at radius 2 is 2.14 bits per heavy atom. The number of aromatic nitrogens is 4. The number of oxime groups is 1. The highest BCUT2D eigenvalue weighted by Gasteiger charge is 2.53. The van der Waals surface area contributed by atoms with Gasteiger partial charge in [-0.3, -0.25) is 19.6 Å². The van der Waals surface area contributed by atoms with Crippen molar-refractivity contribution < 1.29 is 38.4 Å². The molecule has 0 bridgehead atoms. The number of carboxylic acid groups (broad SMARTS) is 1. The fraction of sp³-hybridized carbons (Fsp3) is 0.259. The van der Waals surface area contributed by atoms with E-state index in [9.17, 15) is 24.3 Å². The highest BCUT2D eigenvalue weighted by Crippen LogP contribution is 2.40. The molecule has 1 fully saturated rings. The fourth-order valence-corrected chi connectivity index (χ4v) is 7.86. The first-order valence-electron chi connectivity index (χ1n) is 13.2. The van der Waals surface area contributed by atoms with Gasteiger partial charge in [-0.15, -0.1) is 23.1 Å². The zero-order valence-electron chi connectivity index (χ0n) is 22.9. The Morgan fingerprint density at radius 1 is 1.27 bits per heavy atom. The summed E-state index contributed by atoms with van der Waals surface area (Å²) in [6, 6.07) is 8.19. The third kappa shape index (κ3) is 5.68. The second-order valence-electron chi connectivity index (χ2n) is 9.41. The van der Waals surface area contributed by atoms with E-state index in [-0.39, 0.29) is 36.0 Å². The van der Waals surface area contributed by atoms with Crippen molar-refractivity contribution >= 4 is 74.2 Å². The summed E-state index contributed by atoms with van der Waals surface area (Å²) in [6.45, 7) is 1.44. The number of H-pyrrole nitrogens is 1. The molecule has 14 nitrogen and oxygen atoms in total. The number of ether oxygens (including phenoxy) is 1. The first-order valence-corrected chi connectivity index (χ1v) is 16.0. The van der Waals surface area contributed by atoms with Crippen LogP contribution < -0.4 is 15.0 Å². The predicted molar refractivity (Wildman–Crippen MR) is 158 cm³/mol. The molecule has 1 saturated heterocycles. The van der Waals surface area contributed by atoms with E-state index in [4.69, 9.17) is 14.6 Å². The average molecular weight is 654 g/mol. The summed E-state index contributed by atoms with van der Waals surface area (Å²) in [5, 5.41) is 27.3. The molecule has 0 aliphatic carbocycles. The van der Waals surface area contributed by atoms with Crippen LogP contribution >= 0.6 is 34.4 Å². The van der Waals surface area contributed by atoms with Gasteiger partial charge in [0.25, 0.3) is 11.8 Å². The third-order valence-corrected chi connectivity index (χ3v) is 10.0. The maximum absolute atomic E-state index is 13.3. The van der Waals surface area contributed by atoms with Crippen LogP contribution in [-0.2, 0) is 35.3 Å². The minimum absolute atomic E-state index is 0.152. The van der Waals surface area contributed by atoms with Crippen LogP contribution in [0.5, 0.6) is 0 Å². The Hall–Kier alpha value is -4.61. The van der Waals surface area contributed by atoms with Crippen LogP contribution in [-0.4, -0.2) is 79.9 Å². The lowest BCUT2D eigenvalue weighted by Crippen LogP contribution is -2.71. The number of carboxylic acids is 1. The van der Waals surface area contributed by atoms with Crippen LogP contribution in [0.3, 0.4) is 0 Å². The van der Waals surface area contributed by atoms with Gasteiger partial charge in [-0.1, -0.05) is 22.6 Å². The van der Waals surface area contributed by atoms with Gasteiger partial charge in [0, 0.05) is 17.5 Å². The number of carbonyl (C=O) groups is 4. The molecule has 2 aliphatic heterocycles. The van der Waals surface area contributed by atoms with Crippen LogP contribution in [0.2, 0.25) is 0 Å². The second kappa shape index (κ2) is 12.6. The molecule has 2 atom stereocenters. The van der Waals surface area contributed by atoms with Crippen molar-refractivity contribution in [2.45, 2.75) is 24.9 Å². The van der Waals surface area contributed by atoms with Crippen LogP contribution in [0.25, 0.3) is 20.2 Å². The van der Waals surface area contributed by atoms with Gasteiger partial charge < -0.3 is 24.8 Å². The van der Waals surface area contributed by atoms with Crippen molar-refractivity contribution in [2.24, 2.45) is 5.16 Å². The first-order chi connectivity index (χ1) is 21.4. The number of carbonyl (C=O) groups excluding carboxylic acids is 4. The molecule has 17 heteroatoms. The predicted octanol–water partition coefficient (Wildman–Crippen LogP) is 0.423. The molecule has 4 aromatic rings. The van der Waals surface area contributed by atoms with E-state index < -0.39 is 41.8 Å². The Kier molecular flexibility index (Phi) is 8.40.